The Morgan fingerprint density at radius 3 is 2.63 bits per heavy atom. The highest BCUT2D eigenvalue weighted by atomic mass is 16.4. The predicted octanol–water partition coefficient (Wildman–Crippen LogP) is 3.36. The Bertz CT molecular complexity index is 479. The highest BCUT2D eigenvalue weighted by molar-refractivity contribution is 5.85. The Balaban J connectivity index is 2.12. The molecule has 2 N–H and O–H groups in total. The summed E-state index contributed by atoms with van der Waals surface area (Å²) in [6.45, 7) is 1.69. The van der Waals surface area contributed by atoms with Gasteiger partial charge < -0.3 is 10.3 Å². The van der Waals surface area contributed by atoms with Crippen molar-refractivity contribution in [1.29, 1.82) is 0 Å². The van der Waals surface area contributed by atoms with Crippen LogP contribution in [0.4, 0.5) is 0 Å². The molecule has 1 aliphatic carbocycles. The van der Waals surface area contributed by atoms with Crippen molar-refractivity contribution in [2.24, 2.45) is 5.16 Å². The molecule has 2 atom stereocenters. The number of rotatable bonds is 3. The predicted molar refractivity (Wildman–Crippen MR) is 72.9 cm³/mol. The van der Waals surface area contributed by atoms with Gasteiger partial charge in [0.05, 0.1) is 11.6 Å². The van der Waals surface area contributed by atoms with Crippen LogP contribution in [0.15, 0.2) is 29.4 Å². The monoisotopic (exact) mass is 261 g/mol. The second-order valence-corrected chi connectivity index (χ2v) is 5.19. The Morgan fingerprint density at radius 2 is 2.05 bits per heavy atom. The second kappa shape index (κ2) is 5.87. The first-order valence-corrected chi connectivity index (χ1v) is 6.64. The van der Waals surface area contributed by atoms with Crippen LogP contribution >= 0.6 is 0 Å². The van der Waals surface area contributed by atoms with Crippen LogP contribution in [0.5, 0.6) is 0 Å². The van der Waals surface area contributed by atoms with Crippen LogP contribution < -0.4 is 0 Å². The Kier molecular flexibility index (Phi) is 4.20. The van der Waals surface area contributed by atoms with Gasteiger partial charge >= 0.3 is 5.97 Å². The van der Waals surface area contributed by atoms with Crippen molar-refractivity contribution in [3.8, 4) is 0 Å². The zero-order chi connectivity index (χ0) is 13.8. The van der Waals surface area contributed by atoms with Crippen molar-refractivity contribution < 1.29 is 15.1 Å². The van der Waals surface area contributed by atoms with E-state index in [4.69, 9.17) is 10.3 Å². The minimum Gasteiger partial charge on any atom is -0.481 e. The molecule has 0 saturated heterocycles. The summed E-state index contributed by atoms with van der Waals surface area (Å²) in [5.41, 5.74) is 2.88. The summed E-state index contributed by atoms with van der Waals surface area (Å²) >= 11 is 0. The molecule has 19 heavy (non-hydrogen) atoms. The van der Waals surface area contributed by atoms with Crippen molar-refractivity contribution in [3.05, 3.63) is 35.4 Å². The summed E-state index contributed by atoms with van der Waals surface area (Å²) in [6.07, 6.45) is 3.80. The maximum absolute atomic E-state index is 10.9. The molecule has 4 heteroatoms. The lowest BCUT2D eigenvalue weighted by Crippen LogP contribution is -2.14. The van der Waals surface area contributed by atoms with Crippen LogP contribution in [0.25, 0.3) is 0 Å². The Morgan fingerprint density at radius 1 is 1.37 bits per heavy atom. The summed E-state index contributed by atoms with van der Waals surface area (Å²) in [4.78, 5) is 10.9. The molecular weight excluding hydrogens is 242 g/mol. The zero-order valence-corrected chi connectivity index (χ0v) is 11.0. The van der Waals surface area contributed by atoms with Gasteiger partial charge in [-0.3, -0.25) is 4.79 Å². The van der Waals surface area contributed by atoms with E-state index in [1.54, 1.807) is 6.92 Å². The minimum atomic E-state index is -0.805. The van der Waals surface area contributed by atoms with Gasteiger partial charge in [-0.25, -0.2) is 0 Å². The Hall–Kier alpha value is -1.84. The van der Waals surface area contributed by atoms with Gasteiger partial charge in [-0.1, -0.05) is 29.4 Å². The smallest absolute Gasteiger partial charge is 0.310 e. The third-order valence-electron chi connectivity index (χ3n) is 3.92. The molecule has 0 radical (unpaired) electrons. The number of carboxylic acid groups (broad SMARTS) is 1. The summed E-state index contributed by atoms with van der Waals surface area (Å²) in [6, 6.07) is 7.77. The van der Waals surface area contributed by atoms with Gasteiger partial charge in [-0.2, -0.15) is 0 Å². The topological polar surface area (TPSA) is 69.9 Å². The third-order valence-corrected chi connectivity index (χ3v) is 3.92. The van der Waals surface area contributed by atoms with Gasteiger partial charge in [0.2, 0.25) is 0 Å². The molecule has 0 unspecified atom stereocenters. The van der Waals surface area contributed by atoms with Crippen LogP contribution in [0, 0.1) is 0 Å². The van der Waals surface area contributed by atoms with E-state index in [-0.39, 0.29) is 0 Å². The minimum absolute atomic E-state index is 0.383. The van der Waals surface area contributed by atoms with Gasteiger partial charge in [0.1, 0.15) is 0 Å². The van der Waals surface area contributed by atoms with Crippen molar-refractivity contribution in [2.75, 3.05) is 0 Å². The number of carboxylic acids is 1. The fraction of sp³-hybridized carbons (Fsp3) is 0.467. The summed E-state index contributed by atoms with van der Waals surface area (Å²) in [7, 11) is 0. The average Bonchev–Trinajstić information content (AvgIpc) is 2.46. The van der Waals surface area contributed by atoms with Gasteiger partial charge in [0.25, 0.3) is 0 Å². The first kappa shape index (κ1) is 13.6. The molecule has 0 spiro atoms. The number of oxime groups is 1. The number of benzene rings is 1. The molecule has 4 nitrogen and oxygen atoms in total. The molecule has 1 saturated carbocycles. The molecule has 0 heterocycles. The summed E-state index contributed by atoms with van der Waals surface area (Å²) in [5, 5.41) is 21.2. The highest BCUT2D eigenvalue weighted by Crippen LogP contribution is 2.32. The van der Waals surface area contributed by atoms with Crippen molar-refractivity contribution in [2.45, 2.75) is 44.4 Å². The molecule has 1 aromatic rings. The largest absolute Gasteiger partial charge is 0.481 e. The van der Waals surface area contributed by atoms with Crippen molar-refractivity contribution >= 4 is 11.7 Å². The zero-order valence-electron chi connectivity index (χ0n) is 11.0. The van der Waals surface area contributed by atoms with E-state index in [1.807, 2.05) is 24.3 Å². The number of carbonyl (C=O) groups is 1. The molecule has 102 valence electrons. The van der Waals surface area contributed by atoms with Gasteiger partial charge in [-0.15, -0.1) is 0 Å². The van der Waals surface area contributed by atoms with Crippen LogP contribution in [0.2, 0.25) is 0 Å². The molecule has 1 aromatic carbocycles. The summed E-state index contributed by atoms with van der Waals surface area (Å²) in [5.74, 6) is -0.899. The second-order valence-electron chi connectivity index (χ2n) is 5.19. The fourth-order valence-electron chi connectivity index (χ4n) is 2.62. The van der Waals surface area contributed by atoms with Crippen LogP contribution in [-0.4, -0.2) is 22.0 Å². The molecular formula is C15H19NO3. The number of nitrogens with zero attached hydrogens (tertiary/aromatic N) is 1. The van der Waals surface area contributed by atoms with Gasteiger partial charge in [0.15, 0.2) is 0 Å². The molecule has 1 aliphatic rings. The normalized spacial score (nSPS) is 23.2. The van der Waals surface area contributed by atoms with Crippen LogP contribution in [0.1, 0.15) is 55.6 Å². The van der Waals surface area contributed by atoms with Crippen LogP contribution in [-0.2, 0) is 4.79 Å². The Labute approximate surface area is 112 Å². The van der Waals surface area contributed by atoms with E-state index in [1.165, 1.54) is 5.56 Å². The summed E-state index contributed by atoms with van der Waals surface area (Å²) < 4.78 is 0. The lowest BCUT2D eigenvalue weighted by atomic mass is 9.82. The fourth-order valence-corrected chi connectivity index (χ4v) is 2.62. The van der Waals surface area contributed by atoms with Gasteiger partial charge in [-0.05, 0) is 49.7 Å². The van der Waals surface area contributed by atoms with E-state index >= 15 is 0 Å². The number of aliphatic carboxylic acids is 1. The van der Waals surface area contributed by atoms with Gasteiger partial charge in [0, 0.05) is 0 Å². The molecule has 1 fully saturated rings. The van der Waals surface area contributed by atoms with Crippen LogP contribution in [0.3, 0.4) is 0 Å². The molecule has 0 bridgehead atoms. The lowest BCUT2D eigenvalue weighted by Gasteiger charge is -2.23. The molecule has 2 rings (SSSR count). The maximum Gasteiger partial charge on any atom is 0.310 e. The molecule has 0 amide bonds. The first-order chi connectivity index (χ1) is 9.11. The van der Waals surface area contributed by atoms with Crippen molar-refractivity contribution in [1.82, 2.24) is 0 Å². The third kappa shape index (κ3) is 3.13. The SMILES string of the molecule is C[C@@H](C(=O)O)c1ccc([C@@H]2CCC/C(=N\O)C2)cc1. The number of hydrogen-bond donors (Lipinski definition) is 2. The first-order valence-electron chi connectivity index (χ1n) is 6.64. The van der Waals surface area contributed by atoms with E-state index in [2.05, 4.69) is 5.16 Å². The lowest BCUT2D eigenvalue weighted by molar-refractivity contribution is -0.138. The molecule has 0 aliphatic heterocycles. The molecule has 0 aromatic heterocycles. The van der Waals surface area contributed by atoms with E-state index in [0.717, 1.165) is 37.0 Å². The quantitative estimate of drug-likeness (QED) is 0.647. The average molecular weight is 261 g/mol. The van der Waals surface area contributed by atoms with Crippen molar-refractivity contribution in [3.63, 3.8) is 0 Å². The van der Waals surface area contributed by atoms with E-state index < -0.39 is 11.9 Å². The number of hydrogen-bond acceptors (Lipinski definition) is 3. The maximum atomic E-state index is 10.9. The highest BCUT2D eigenvalue weighted by Gasteiger charge is 2.21. The van der Waals surface area contributed by atoms with E-state index in [9.17, 15) is 4.79 Å². The van der Waals surface area contributed by atoms with E-state index in [0.29, 0.717) is 5.92 Å². The standard InChI is InChI=1S/C15H19NO3/c1-10(15(17)18)11-5-7-12(8-6-11)13-3-2-4-14(9-13)16-19/h5-8,10,13,19H,2-4,9H2,1H3,(H,17,18)/b16-14+/t10-,13-/m1/s1.